The molecule has 2 amide bonds. The summed E-state index contributed by atoms with van der Waals surface area (Å²) in [6.07, 6.45) is 5.40. The number of carboxylic acids is 1. The minimum absolute atomic E-state index is 0.104. The molecule has 1 heterocycles. The van der Waals surface area contributed by atoms with E-state index in [9.17, 15) is 9.59 Å². The molecule has 0 bridgehead atoms. The standard InChI is InChI=1S/C13H22N2O4/c16-12(17)10-5-1-2-6-11(10)15-13(18)14-8-9-4-3-7-19-9/h9-11H,1-8H2,(H,16,17)(H2,14,15,18). The topological polar surface area (TPSA) is 87.7 Å². The van der Waals surface area contributed by atoms with Gasteiger partial charge in [-0.1, -0.05) is 12.8 Å². The maximum absolute atomic E-state index is 11.8. The van der Waals surface area contributed by atoms with Gasteiger partial charge in [-0.3, -0.25) is 4.79 Å². The van der Waals surface area contributed by atoms with Crippen LogP contribution in [-0.4, -0.2) is 42.4 Å². The minimum atomic E-state index is -0.816. The first-order valence-electron chi connectivity index (χ1n) is 7.05. The second-order valence-corrected chi connectivity index (χ2v) is 5.33. The molecular formula is C13H22N2O4. The number of ether oxygens (including phenoxy) is 1. The number of hydrogen-bond donors (Lipinski definition) is 3. The molecular weight excluding hydrogens is 248 g/mol. The lowest BCUT2D eigenvalue weighted by atomic mass is 9.84. The van der Waals surface area contributed by atoms with Gasteiger partial charge in [-0.15, -0.1) is 0 Å². The second-order valence-electron chi connectivity index (χ2n) is 5.33. The van der Waals surface area contributed by atoms with Crippen LogP contribution in [0.15, 0.2) is 0 Å². The van der Waals surface area contributed by atoms with Gasteiger partial charge < -0.3 is 20.5 Å². The highest BCUT2D eigenvalue weighted by atomic mass is 16.5. The van der Waals surface area contributed by atoms with Crippen molar-refractivity contribution in [1.29, 1.82) is 0 Å². The molecule has 0 aromatic rings. The molecule has 2 fully saturated rings. The van der Waals surface area contributed by atoms with E-state index in [0.29, 0.717) is 13.0 Å². The van der Waals surface area contributed by atoms with Crippen molar-refractivity contribution >= 4 is 12.0 Å². The van der Waals surface area contributed by atoms with Crippen molar-refractivity contribution in [3.63, 3.8) is 0 Å². The molecule has 1 aliphatic heterocycles. The van der Waals surface area contributed by atoms with E-state index in [4.69, 9.17) is 9.84 Å². The van der Waals surface area contributed by atoms with Crippen LogP contribution in [0.4, 0.5) is 4.79 Å². The molecule has 3 unspecified atom stereocenters. The molecule has 1 saturated heterocycles. The first kappa shape index (κ1) is 14.1. The molecule has 0 aromatic carbocycles. The van der Waals surface area contributed by atoms with Gasteiger partial charge in [0.05, 0.1) is 12.0 Å². The summed E-state index contributed by atoms with van der Waals surface area (Å²) in [4.78, 5) is 22.9. The summed E-state index contributed by atoms with van der Waals surface area (Å²) in [5, 5.41) is 14.7. The third-order valence-corrected chi connectivity index (χ3v) is 3.91. The summed E-state index contributed by atoms with van der Waals surface area (Å²) in [6, 6.07) is -0.538. The Morgan fingerprint density at radius 1 is 1.16 bits per heavy atom. The Kier molecular flexibility index (Phi) is 5.01. The summed E-state index contributed by atoms with van der Waals surface area (Å²) in [7, 11) is 0. The van der Waals surface area contributed by atoms with Gasteiger partial charge in [0, 0.05) is 19.2 Å². The minimum Gasteiger partial charge on any atom is -0.481 e. The highest BCUT2D eigenvalue weighted by molar-refractivity contribution is 5.76. The van der Waals surface area contributed by atoms with Gasteiger partial charge in [0.25, 0.3) is 0 Å². The van der Waals surface area contributed by atoms with Crippen LogP contribution in [-0.2, 0) is 9.53 Å². The zero-order valence-electron chi connectivity index (χ0n) is 11.1. The Morgan fingerprint density at radius 2 is 1.95 bits per heavy atom. The van der Waals surface area contributed by atoms with Crippen molar-refractivity contribution in [3.8, 4) is 0 Å². The van der Waals surface area contributed by atoms with Gasteiger partial charge in [0.15, 0.2) is 0 Å². The van der Waals surface area contributed by atoms with E-state index in [1.165, 1.54) is 0 Å². The third-order valence-electron chi connectivity index (χ3n) is 3.91. The quantitative estimate of drug-likeness (QED) is 0.714. The molecule has 1 aliphatic carbocycles. The number of nitrogens with one attached hydrogen (secondary N) is 2. The largest absolute Gasteiger partial charge is 0.481 e. The van der Waals surface area contributed by atoms with E-state index in [0.717, 1.165) is 38.7 Å². The maximum Gasteiger partial charge on any atom is 0.315 e. The zero-order chi connectivity index (χ0) is 13.7. The molecule has 19 heavy (non-hydrogen) atoms. The van der Waals surface area contributed by atoms with Crippen LogP contribution in [0.5, 0.6) is 0 Å². The molecule has 6 heteroatoms. The van der Waals surface area contributed by atoms with E-state index in [1.807, 2.05) is 0 Å². The molecule has 0 radical (unpaired) electrons. The van der Waals surface area contributed by atoms with Crippen LogP contribution in [0.25, 0.3) is 0 Å². The van der Waals surface area contributed by atoms with Crippen LogP contribution in [0.2, 0.25) is 0 Å². The molecule has 3 N–H and O–H groups in total. The number of carbonyl (C=O) groups is 2. The fraction of sp³-hybridized carbons (Fsp3) is 0.846. The van der Waals surface area contributed by atoms with E-state index in [2.05, 4.69) is 10.6 Å². The first-order chi connectivity index (χ1) is 9.16. The Morgan fingerprint density at radius 3 is 2.63 bits per heavy atom. The maximum atomic E-state index is 11.8. The number of aliphatic carboxylic acids is 1. The second kappa shape index (κ2) is 6.75. The SMILES string of the molecule is O=C(NCC1CCCO1)NC1CCCCC1C(=O)O. The van der Waals surface area contributed by atoms with Gasteiger partial charge in [0.1, 0.15) is 0 Å². The summed E-state index contributed by atoms with van der Waals surface area (Å²) in [6.45, 7) is 1.26. The van der Waals surface area contributed by atoms with Gasteiger partial charge in [-0.2, -0.15) is 0 Å². The van der Waals surface area contributed by atoms with Crippen molar-refractivity contribution in [2.75, 3.05) is 13.2 Å². The van der Waals surface area contributed by atoms with Gasteiger partial charge in [-0.25, -0.2) is 4.79 Å². The molecule has 0 aromatic heterocycles. The monoisotopic (exact) mass is 270 g/mol. The number of carbonyl (C=O) groups excluding carboxylic acids is 1. The average molecular weight is 270 g/mol. The smallest absolute Gasteiger partial charge is 0.315 e. The predicted molar refractivity (Wildman–Crippen MR) is 68.9 cm³/mol. The van der Waals surface area contributed by atoms with Crippen molar-refractivity contribution in [2.24, 2.45) is 5.92 Å². The van der Waals surface area contributed by atoms with E-state index >= 15 is 0 Å². The highest BCUT2D eigenvalue weighted by Crippen LogP contribution is 2.24. The average Bonchev–Trinajstić information content (AvgIpc) is 2.90. The van der Waals surface area contributed by atoms with Crippen LogP contribution in [0, 0.1) is 5.92 Å². The van der Waals surface area contributed by atoms with Gasteiger partial charge in [-0.05, 0) is 25.7 Å². The Hall–Kier alpha value is -1.30. The normalized spacial score (nSPS) is 30.8. The summed E-state index contributed by atoms with van der Waals surface area (Å²) in [5.41, 5.74) is 0. The molecule has 3 atom stereocenters. The molecule has 1 saturated carbocycles. The molecule has 108 valence electrons. The summed E-state index contributed by atoms with van der Waals surface area (Å²) < 4.78 is 5.42. The van der Waals surface area contributed by atoms with E-state index < -0.39 is 11.9 Å². The molecule has 6 nitrogen and oxygen atoms in total. The zero-order valence-corrected chi connectivity index (χ0v) is 11.1. The highest BCUT2D eigenvalue weighted by Gasteiger charge is 2.31. The Balaban J connectivity index is 1.74. The van der Waals surface area contributed by atoms with Crippen LogP contribution < -0.4 is 10.6 Å². The van der Waals surface area contributed by atoms with Crippen molar-refractivity contribution < 1.29 is 19.4 Å². The fourth-order valence-electron chi connectivity index (χ4n) is 2.83. The number of carboxylic acid groups (broad SMARTS) is 1. The number of rotatable bonds is 4. The Labute approximate surface area is 112 Å². The van der Waals surface area contributed by atoms with E-state index in [1.54, 1.807) is 0 Å². The predicted octanol–water partition coefficient (Wildman–Crippen LogP) is 1.11. The lowest BCUT2D eigenvalue weighted by molar-refractivity contribution is -0.143. The lowest BCUT2D eigenvalue weighted by Gasteiger charge is -2.29. The van der Waals surface area contributed by atoms with Crippen LogP contribution in [0.1, 0.15) is 38.5 Å². The Bertz CT molecular complexity index is 329. The number of hydrogen-bond acceptors (Lipinski definition) is 3. The lowest BCUT2D eigenvalue weighted by Crippen LogP contribution is -2.49. The van der Waals surface area contributed by atoms with Crippen LogP contribution >= 0.6 is 0 Å². The van der Waals surface area contributed by atoms with Crippen molar-refractivity contribution in [1.82, 2.24) is 10.6 Å². The molecule has 0 spiro atoms. The molecule has 2 rings (SSSR count). The first-order valence-corrected chi connectivity index (χ1v) is 7.05. The summed E-state index contributed by atoms with van der Waals surface area (Å²) in [5.74, 6) is -1.27. The number of amides is 2. The third kappa shape index (κ3) is 4.09. The van der Waals surface area contributed by atoms with Crippen LogP contribution in [0.3, 0.4) is 0 Å². The summed E-state index contributed by atoms with van der Waals surface area (Å²) >= 11 is 0. The fourth-order valence-corrected chi connectivity index (χ4v) is 2.83. The van der Waals surface area contributed by atoms with Gasteiger partial charge in [0.2, 0.25) is 0 Å². The van der Waals surface area contributed by atoms with E-state index in [-0.39, 0.29) is 18.2 Å². The molecule has 2 aliphatic rings. The van der Waals surface area contributed by atoms with Gasteiger partial charge >= 0.3 is 12.0 Å². The number of urea groups is 1. The van der Waals surface area contributed by atoms with Crippen molar-refractivity contribution in [2.45, 2.75) is 50.7 Å². The van der Waals surface area contributed by atoms with Crippen molar-refractivity contribution in [3.05, 3.63) is 0 Å².